The van der Waals surface area contributed by atoms with Gasteiger partial charge in [-0.3, -0.25) is 14.9 Å². The van der Waals surface area contributed by atoms with Crippen LogP contribution in [0.25, 0.3) is 0 Å². The number of nitrogens with one attached hydrogen (secondary N) is 1. The summed E-state index contributed by atoms with van der Waals surface area (Å²) < 4.78 is 5.13. The van der Waals surface area contributed by atoms with E-state index in [-0.39, 0.29) is 11.6 Å². The van der Waals surface area contributed by atoms with Crippen molar-refractivity contribution in [1.29, 1.82) is 0 Å². The topological polar surface area (TPSA) is 94.4 Å². The standard InChI is InChI=1S/C15H15N3O4S/c1-10(23-12-7-5-11(6-8-12)18(20)21)15(19)17-14-13(22-2)4-3-9-16-14/h3-10H,1-2H3,(H,16,17,19)/t10-/m1/s1. The van der Waals surface area contributed by atoms with E-state index in [1.807, 2.05) is 0 Å². The van der Waals surface area contributed by atoms with Gasteiger partial charge in [-0.2, -0.15) is 0 Å². The second kappa shape index (κ2) is 7.59. The molecule has 0 aliphatic rings. The molecular weight excluding hydrogens is 318 g/mol. The van der Waals surface area contributed by atoms with Gasteiger partial charge in [-0.25, -0.2) is 4.98 Å². The van der Waals surface area contributed by atoms with Crippen molar-refractivity contribution in [3.63, 3.8) is 0 Å². The number of nitrogens with zero attached hydrogens (tertiary/aromatic N) is 2. The molecule has 0 saturated carbocycles. The lowest BCUT2D eigenvalue weighted by atomic mass is 10.3. The second-order valence-electron chi connectivity index (χ2n) is 4.55. The molecule has 0 spiro atoms. The first kappa shape index (κ1) is 16.8. The smallest absolute Gasteiger partial charge is 0.269 e. The third-order valence-electron chi connectivity index (χ3n) is 2.96. The predicted octanol–water partition coefficient (Wildman–Crippen LogP) is 3.12. The monoisotopic (exact) mass is 333 g/mol. The minimum atomic E-state index is -0.460. The minimum absolute atomic E-state index is 0.0182. The van der Waals surface area contributed by atoms with Crippen LogP contribution in [0.2, 0.25) is 0 Å². The molecule has 0 aliphatic heterocycles. The molecule has 2 aromatic rings. The number of hydrogen-bond donors (Lipinski definition) is 1. The van der Waals surface area contributed by atoms with Crippen LogP contribution >= 0.6 is 11.8 Å². The number of pyridine rings is 1. The van der Waals surface area contributed by atoms with E-state index in [4.69, 9.17) is 4.74 Å². The van der Waals surface area contributed by atoms with Crippen molar-refractivity contribution in [2.75, 3.05) is 12.4 Å². The zero-order valence-corrected chi connectivity index (χ0v) is 13.4. The molecule has 1 N–H and O–H groups in total. The molecule has 1 aromatic heterocycles. The van der Waals surface area contributed by atoms with E-state index in [0.29, 0.717) is 11.6 Å². The van der Waals surface area contributed by atoms with E-state index in [1.54, 1.807) is 37.4 Å². The summed E-state index contributed by atoms with van der Waals surface area (Å²) in [7, 11) is 1.50. The van der Waals surface area contributed by atoms with Crippen LogP contribution < -0.4 is 10.1 Å². The Morgan fingerprint density at radius 1 is 1.35 bits per heavy atom. The van der Waals surface area contributed by atoms with E-state index in [9.17, 15) is 14.9 Å². The Bertz CT molecular complexity index is 706. The number of ether oxygens (including phenoxy) is 1. The van der Waals surface area contributed by atoms with Crippen molar-refractivity contribution in [2.45, 2.75) is 17.1 Å². The zero-order chi connectivity index (χ0) is 16.8. The van der Waals surface area contributed by atoms with Crippen molar-refractivity contribution >= 4 is 29.2 Å². The highest BCUT2D eigenvalue weighted by atomic mass is 32.2. The van der Waals surface area contributed by atoms with Gasteiger partial charge in [-0.05, 0) is 31.2 Å². The Labute approximate surface area is 137 Å². The molecule has 1 heterocycles. The molecule has 0 bridgehead atoms. The average molecular weight is 333 g/mol. The highest BCUT2D eigenvalue weighted by molar-refractivity contribution is 8.00. The maximum Gasteiger partial charge on any atom is 0.269 e. The van der Waals surface area contributed by atoms with Crippen molar-refractivity contribution in [3.8, 4) is 5.75 Å². The molecule has 0 aliphatic carbocycles. The van der Waals surface area contributed by atoms with Gasteiger partial charge in [0.2, 0.25) is 5.91 Å². The average Bonchev–Trinajstić information content (AvgIpc) is 2.55. The summed E-state index contributed by atoms with van der Waals surface area (Å²) in [5.41, 5.74) is 0.0182. The SMILES string of the molecule is COc1cccnc1NC(=O)[C@@H](C)Sc1ccc([N+](=O)[O-])cc1. The number of benzene rings is 1. The number of nitro benzene ring substituents is 1. The van der Waals surface area contributed by atoms with Gasteiger partial charge >= 0.3 is 0 Å². The largest absolute Gasteiger partial charge is 0.493 e. The number of hydrogen-bond acceptors (Lipinski definition) is 6. The summed E-state index contributed by atoms with van der Waals surface area (Å²) in [6.07, 6.45) is 1.56. The zero-order valence-electron chi connectivity index (χ0n) is 12.6. The number of carbonyl (C=O) groups excluding carboxylic acids is 1. The van der Waals surface area contributed by atoms with Crippen molar-refractivity contribution < 1.29 is 14.5 Å². The molecule has 120 valence electrons. The number of anilines is 1. The Balaban J connectivity index is 2.01. The van der Waals surface area contributed by atoms with Crippen LogP contribution in [0, 0.1) is 10.1 Å². The van der Waals surface area contributed by atoms with Crippen LogP contribution in [0.5, 0.6) is 5.75 Å². The van der Waals surface area contributed by atoms with E-state index >= 15 is 0 Å². The van der Waals surface area contributed by atoms with E-state index in [0.717, 1.165) is 4.90 Å². The highest BCUT2D eigenvalue weighted by Gasteiger charge is 2.17. The molecule has 7 nitrogen and oxygen atoms in total. The van der Waals surface area contributed by atoms with Crippen molar-refractivity contribution in [3.05, 3.63) is 52.7 Å². The minimum Gasteiger partial charge on any atom is -0.493 e. The lowest BCUT2D eigenvalue weighted by Gasteiger charge is -2.13. The summed E-state index contributed by atoms with van der Waals surface area (Å²) in [6.45, 7) is 1.75. The predicted molar refractivity (Wildman–Crippen MR) is 87.8 cm³/mol. The van der Waals surface area contributed by atoms with Gasteiger partial charge in [0.05, 0.1) is 17.3 Å². The first-order valence-electron chi connectivity index (χ1n) is 6.72. The number of rotatable bonds is 6. The van der Waals surface area contributed by atoms with Gasteiger partial charge in [0, 0.05) is 23.2 Å². The quantitative estimate of drug-likeness (QED) is 0.496. The van der Waals surface area contributed by atoms with Crippen molar-refractivity contribution in [1.82, 2.24) is 4.98 Å². The van der Waals surface area contributed by atoms with E-state index in [1.165, 1.54) is 31.0 Å². The second-order valence-corrected chi connectivity index (χ2v) is 5.97. The van der Waals surface area contributed by atoms with E-state index < -0.39 is 10.2 Å². The summed E-state index contributed by atoms with van der Waals surface area (Å²) in [6, 6.07) is 9.48. The third kappa shape index (κ3) is 4.43. The Hall–Kier alpha value is -2.61. The molecular formula is C15H15N3O4S. The van der Waals surface area contributed by atoms with Gasteiger partial charge in [-0.1, -0.05) is 0 Å². The lowest BCUT2D eigenvalue weighted by molar-refractivity contribution is -0.384. The van der Waals surface area contributed by atoms with Crippen LogP contribution in [0.4, 0.5) is 11.5 Å². The van der Waals surface area contributed by atoms with Gasteiger partial charge in [-0.15, -0.1) is 11.8 Å². The van der Waals surface area contributed by atoms with Crippen LogP contribution in [0.15, 0.2) is 47.5 Å². The summed E-state index contributed by atoms with van der Waals surface area (Å²) >= 11 is 1.30. The Morgan fingerprint density at radius 3 is 2.65 bits per heavy atom. The number of carbonyl (C=O) groups is 1. The Kier molecular flexibility index (Phi) is 5.53. The fourth-order valence-corrected chi connectivity index (χ4v) is 2.64. The first-order valence-corrected chi connectivity index (χ1v) is 7.60. The van der Waals surface area contributed by atoms with Crippen LogP contribution in [0.3, 0.4) is 0 Å². The fourth-order valence-electron chi connectivity index (χ4n) is 1.77. The highest BCUT2D eigenvalue weighted by Crippen LogP contribution is 2.27. The summed E-state index contributed by atoms with van der Waals surface area (Å²) in [4.78, 5) is 27.2. The first-order chi connectivity index (χ1) is 11.0. The summed E-state index contributed by atoms with van der Waals surface area (Å²) in [5.74, 6) is 0.606. The van der Waals surface area contributed by atoms with Gasteiger partial charge in [0.15, 0.2) is 11.6 Å². The molecule has 0 fully saturated rings. The number of methoxy groups -OCH3 is 1. The van der Waals surface area contributed by atoms with Gasteiger partial charge in [0.1, 0.15) is 0 Å². The number of nitro groups is 1. The van der Waals surface area contributed by atoms with Crippen LogP contribution in [-0.2, 0) is 4.79 Å². The molecule has 0 radical (unpaired) electrons. The Morgan fingerprint density at radius 2 is 2.04 bits per heavy atom. The molecule has 23 heavy (non-hydrogen) atoms. The molecule has 8 heteroatoms. The fraction of sp³-hybridized carbons (Fsp3) is 0.200. The molecule has 0 saturated heterocycles. The normalized spacial score (nSPS) is 11.6. The number of amides is 1. The summed E-state index contributed by atoms with van der Waals surface area (Å²) in [5, 5.41) is 12.9. The molecule has 1 amide bonds. The molecule has 2 rings (SSSR count). The van der Waals surface area contributed by atoms with Gasteiger partial charge in [0.25, 0.3) is 5.69 Å². The number of non-ortho nitro benzene ring substituents is 1. The van der Waals surface area contributed by atoms with Crippen molar-refractivity contribution in [2.24, 2.45) is 0 Å². The van der Waals surface area contributed by atoms with Gasteiger partial charge < -0.3 is 10.1 Å². The molecule has 1 atom stereocenters. The lowest BCUT2D eigenvalue weighted by Crippen LogP contribution is -2.23. The van der Waals surface area contributed by atoms with Crippen LogP contribution in [-0.4, -0.2) is 28.2 Å². The van der Waals surface area contributed by atoms with E-state index in [2.05, 4.69) is 10.3 Å². The third-order valence-corrected chi connectivity index (χ3v) is 4.07. The number of thioether (sulfide) groups is 1. The maximum atomic E-state index is 12.2. The maximum absolute atomic E-state index is 12.2. The number of aromatic nitrogens is 1. The molecule has 1 aromatic carbocycles. The molecule has 0 unspecified atom stereocenters. The van der Waals surface area contributed by atoms with Crippen LogP contribution in [0.1, 0.15) is 6.92 Å².